The summed E-state index contributed by atoms with van der Waals surface area (Å²) in [5.74, 6) is 0. The second-order valence-corrected chi connectivity index (χ2v) is 7.43. The first-order valence-electron chi connectivity index (χ1n) is 9.82. The Kier molecular flexibility index (Phi) is 4.22. The summed E-state index contributed by atoms with van der Waals surface area (Å²) in [5, 5.41) is 4.54. The van der Waals surface area contributed by atoms with E-state index in [4.69, 9.17) is 0 Å². The Morgan fingerprint density at radius 1 is 0.586 bits per heavy atom. The zero-order valence-corrected chi connectivity index (χ0v) is 16.2. The number of aryl methyl sites for hydroxylation is 1. The van der Waals surface area contributed by atoms with Gasteiger partial charge in [0.25, 0.3) is 0 Å². The van der Waals surface area contributed by atoms with Gasteiger partial charge in [-0.25, -0.2) is 0 Å². The highest BCUT2D eigenvalue weighted by Crippen LogP contribution is 2.38. The van der Waals surface area contributed by atoms with E-state index in [2.05, 4.69) is 73.7 Å². The van der Waals surface area contributed by atoms with Crippen molar-refractivity contribution < 1.29 is 4.79 Å². The number of hydrogen-bond acceptors (Lipinski definition) is 1. The molecule has 0 spiro atoms. The van der Waals surface area contributed by atoms with Crippen molar-refractivity contribution in [3.05, 3.63) is 108 Å². The van der Waals surface area contributed by atoms with E-state index in [1.807, 2.05) is 30.3 Å². The zero-order valence-electron chi connectivity index (χ0n) is 16.2. The van der Waals surface area contributed by atoms with E-state index in [9.17, 15) is 4.79 Å². The van der Waals surface area contributed by atoms with E-state index >= 15 is 0 Å². The fourth-order valence-electron chi connectivity index (χ4n) is 4.22. The molecule has 0 bridgehead atoms. The third-order valence-electron chi connectivity index (χ3n) is 5.68. The molecule has 1 heteroatoms. The minimum absolute atomic E-state index is 0.726. The molecule has 5 rings (SSSR count). The largest absolute Gasteiger partial charge is 0.298 e. The van der Waals surface area contributed by atoms with Crippen molar-refractivity contribution in [2.75, 3.05) is 0 Å². The van der Waals surface area contributed by atoms with Gasteiger partial charge in [-0.1, -0.05) is 84.9 Å². The average molecular weight is 372 g/mol. The Balaban J connectivity index is 1.95. The van der Waals surface area contributed by atoms with Gasteiger partial charge in [-0.05, 0) is 68.4 Å². The van der Waals surface area contributed by atoms with Crippen LogP contribution in [0.25, 0.3) is 43.8 Å². The summed E-state index contributed by atoms with van der Waals surface area (Å²) in [6, 6.07) is 33.5. The highest BCUT2D eigenvalue weighted by atomic mass is 16.1. The molecule has 0 amide bonds. The van der Waals surface area contributed by atoms with Crippen molar-refractivity contribution in [2.45, 2.75) is 6.92 Å². The van der Waals surface area contributed by atoms with Crippen LogP contribution in [0, 0.1) is 6.92 Å². The van der Waals surface area contributed by atoms with E-state index < -0.39 is 0 Å². The number of benzene rings is 5. The number of fused-ring (bicyclic) bond motifs is 3. The molecule has 0 aliphatic rings. The van der Waals surface area contributed by atoms with Gasteiger partial charge in [-0.2, -0.15) is 0 Å². The second-order valence-electron chi connectivity index (χ2n) is 7.43. The summed E-state index contributed by atoms with van der Waals surface area (Å²) in [7, 11) is 0. The van der Waals surface area contributed by atoms with Crippen molar-refractivity contribution >= 4 is 27.8 Å². The smallest absolute Gasteiger partial charge is 0.150 e. The average Bonchev–Trinajstić information content (AvgIpc) is 2.79. The molecule has 138 valence electrons. The molecule has 0 atom stereocenters. The molecule has 0 unspecified atom stereocenters. The first kappa shape index (κ1) is 17.4. The number of rotatable bonds is 3. The van der Waals surface area contributed by atoms with E-state index in [-0.39, 0.29) is 0 Å². The molecule has 0 saturated heterocycles. The zero-order chi connectivity index (χ0) is 19.8. The van der Waals surface area contributed by atoms with E-state index in [1.165, 1.54) is 27.5 Å². The van der Waals surface area contributed by atoms with Gasteiger partial charge in [-0.3, -0.25) is 4.79 Å². The topological polar surface area (TPSA) is 17.1 Å². The van der Waals surface area contributed by atoms with Crippen molar-refractivity contribution in [1.29, 1.82) is 0 Å². The summed E-state index contributed by atoms with van der Waals surface area (Å²) in [4.78, 5) is 12.0. The van der Waals surface area contributed by atoms with E-state index in [0.717, 1.165) is 33.7 Å². The Bertz CT molecular complexity index is 1350. The molecule has 5 aromatic carbocycles. The van der Waals surface area contributed by atoms with Crippen LogP contribution in [0.5, 0.6) is 0 Å². The van der Waals surface area contributed by atoms with Gasteiger partial charge in [0.1, 0.15) is 0 Å². The van der Waals surface area contributed by atoms with Gasteiger partial charge in [0, 0.05) is 5.56 Å². The molecule has 0 aliphatic carbocycles. The number of aldehydes is 1. The molecule has 0 fully saturated rings. The van der Waals surface area contributed by atoms with Gasteiger partial charge in [-0.15, -0.1) is 0 Å². The summed E-state index contributed by atoms with van der Waals surface area (Å²) >= 11 is 0. The van der Waals surface area contributed by atoms with Gasteiger partial charge in [0.2, 0.25) is 0 Å². The van der Waals surface area contributed by atoms with Crippen molar-refractivity contribution in [1.82, 2.24) is 0 Å². The minimum Gasteiger partial charge on any atom is -0.298 e. The fourth-order valence-corrected chi connectivity index (χ4v) is 4.22. The Labute approximate surface area is 170 Å². The summed E-state index contributed by atoms with van der Waals surface area (Å²) in [5.41, 5.74) is 6.52. The van der Waals surface area contributed by atoms with Gasteiger partial charge < -0.3 is 0 Å². The maximum Gasteiger partial charge on any atom is 0.150 e. The van der Waals surface area contributed by atoms with Crippen LogP contribution in [0.3, 0.4) is 0 Å². The lowest BCUT2D eigenvalue weighted by Gasteiger charge is -2.15. The monoisotopic (exact) mass is 372 g/mol. The van der Waals surface area contributed by atoms with E-state index in [0.29, 0.717) is 0 Å². The molecule has 0 aromatic heterocycles. The molecule has 0 heterocycles. The van der Waals surface area contributed by atoms with Crippen molar-refractivity contribution in [3.8, 4) is 22.3 Å². The molecule has 0 saturated carbocycles. The molecular weight excluding hydrogens is 352 g/mol. The third-order valence-corrected chi connectivity index (χ3v) is 5.68. The van der Waals surface area contributed by atoms with Crippen LogP contribution in [0.4, 0.5) is 0 Å². The van der Waals surface area contributed by atoms with Crippen LogP contribution in [0.2, 0.25) is 0 Å². The van der Waals surface area contributed by atoms with Crippen LogP contribution in [-0.4, -0.2) is 6.29 Å². The molecule has 29 heavy (non-hydrogen) atoms. The Morgan fingerprint density at radius 3 is 1.93 bits per heavy atom. The van der Waals surface area contributed by atoms with E-state index in [1.54, 1.807) is 0 Å². The van der Waals surface area contributed by atoms with Crippen molar-refractivity contribution in [2.24, 2.45) is 0 Å². The quantitative estimate of drug-likeness (QED) is 0.237. The van der Waals surface area contributed by atoms with Gasteiger partial charge >= 0.3 is 0 Å². The molecule has 1 nitrogen and oxygen atoms in total. The normalized spacial score (nSPS) is 11.1. The number of carbonyl (C=O) groups excluding carboxylic acids is 1. The van der Waals surface area contributed by atoms with Crippen molar-refractivity contribution in [3.63, 3.8) is 0 Å². The fraction of sp³-hybridized carbons (Fsp3) is 0.0357. The first-order chi connectivity index (χ1) is 14.3. The third kappa shape index (κ3) is 2.92. The van der Waals surface area contributed by atoms with Gasteiger partial charge in [0.05, 0.1) is 0 Å². The summed E-state index contributed by atoms with van der Waals surface area (Å²) < 4.78 is 0. The Morgan fingerprint density at radius 2 is 1.24 bits per heavy atom. The lowest BCUT2D eigenvalue weighted by atomic mass is 9.88. The molecule has 0 radical (unpaired) electrons. The minimum atomic E-state index is 0.726. The predicted octanol–water partition coefficient (Wildman–Crippen LogP) is 7.45. The van der Waals surface area contributed by atoms with Gasteiger partial charge in [0.15, 0.2) is 6.29 Å². The molecule has 0 aliphatic heterocycles. The number of carbonyl (C=O) groups is 1. The lowest BCUT2D eigenvalue weighted by Crippen LogP contribution is -1.91. The summed E-state index contributed by atoms with van der Waals surface area (Å²) in [6.45, 7) is 2.14. The van der Waals surface area contributed by atoms with Crippen LogP contribution in [-0.2, 0) is 0 Å². The highest BCUT2D eigenvalue weighted by Gasteiger charge is 2.13. The predicted molar refractivity (Wildman–Crippen MR) is 122 cm³/mol. The standard InChI is InChI=1S/C28H20O/c1-19-12-13-26(21-10-6-3-7-11-21)28-24(19)14-15-25-23(18-29)16-22(17-27(25)28)20-8-4-2-5-9-20/h2-18H,1H3. The van der Waals surface area contributed by atoms with Crippen LogP contribution in [0.15, 0.2) is 97.1 Å². The molecule has 5 aromatic rings. The number of hydrogen-bond donors (Lipinski definition) is 0. The second kappa shape index (κ2) is 7.03. The lowest BCUT2D eigenvalue weighted by molar-refractivity contribution is 0.112. The highest BCUT2D eigenvalue weighted by molar-refractivity contribution is 6.18. The summed E-state index contributed by atoms with van der Waals surface area (Å²) in [6.07, 6.45) is 0.971. The molecular formula is C28H20O. The van der Waals surface area contributed by atoms with Crippen LogP contribution in [0.1, 0.15) is 15.9 Å². The first-order valence-corrected chi connectivity index (χ1v) is 9.82. The Hall–Kier alpha value is -3.71. The maximum atomic E-state index is 12.0. The molecule has 0 N–H and O–H groups in total. The van der Waals surface area contributed by atoms with Crippen LogP contribution < -0.4 is 0 Å². The van der Waals surface area contributed by atoms with Crippen LogP contribution >= 0.6 is 0 Å². The maximum absolute atomic E-state index is 12.0. The SMILES string of the molecule is Cc1ccc(-c2ccccc2)c2c1ccc1c(C=O)cc(-c3ccccc3)cc12.